The van der Waals surface area contributed by atoms with Crippen LogP contribution >= 0.6 is 23.1 Å². The van der Waals surface area contributed by atoms with Crippen molar-refractivity contribution in [1.82, 2.24) is 19.7 Å². The highest BCUT2D eigenvalue weighted by Crippen LogP contribution is 2.29. The Morgan fingerprint density at radius 1 is 1.21 bits per heavy atom. The van der Waals surface area contributed by atoms with E-state index >= 15 is 0 Å². The van der Waals surface area contributed by atoms with Crippen LogP contribution in [-0.4, -0.2) is 46.1 Å². The molecule has 0 N–H and O–H groups in total. The predicted molar refractivity (Wildman–Crippen MR) is 97.9 cm³/mol. The molecule has 0 bridgehead atoms. The maximum Gasteiger partial charge on any atom is 0.228 e. The van der Waals surface area contributed by atoms with Crippen LogP contribution in [0.25, 0.3) is 10.2 Å². The van der Waals surface area contributed by atoms with Crippen molar-refractivity contribution in [3.05, 3.63) is 29.3 Å². The highest BCUT2D eigenvalue weighted by atomic mass is 32.2. The third kappa shape index (κ3) is 3.13. The van der Waals surface area contributed by atoms with Crippen molar-refractivity contribution in [3.63, 3.8) is 0 Å². The lowest BCUT2D eigenvalue weighted by atomic mass is 10.3. The molecule has 0 aliphatic carbocycles. The van der Waals surface area contributed by atoms with Gasteiger partial charge < -0.3 is 9.64 Å². The summed E-state index contributed by atoms with van der Waals surface area (Å²) in [4.78, 5) is 6.94. The van der Waals surface area contributed by atoms with Crippen LogP contribution in [0.15, 0.2) is 29.4 Å². The van der Waals surface area contributed by atoms with Crippen molar-refractivity contribution in [2.24, 2.45) is 0 Å². The minimum Gasteiger partial charge on any atom is -0.378 e. The molecule has 0 spiro atoms. The Hall–Kier alpha value is -1.64. The van der Waals surface area contributed by atoms with Crippen LogP contribution in [0.5, 0.6) is 0 Å². The smallest absolute Gasteiger partial charge is 0.228 e. The topological polar surface area (TPSA) is 56.1 Å². The maximum absolute atomic E-state index is 5.42. The summed E-state index contributed by atoms with van der Waals surface area (Å²) in [5.74, 6) is 1.77. The Balaban J connectivity index is 1.50. The number of rotatable bonds is 5. The molecule has 0 unspecified atom stereocenters. The van der Waals surface area contributed by atoms with E-state index < -0.39 is 0 Å². The summed E-state index contributed by atoms with van der Waals surface area (Å²) in [7, 11) is 0. The fraction of sp³-hybridized carbons (Fsp3) is 0.438. The SMILES string of the molecule is CCn1c(SCc2nc3ccccc3s2)nnc1N1CCOCC1. The van der Waals surface area contributed by atoms with Crippen molar-refractivity contribution in [1.29, 1.82) is 0 Å². The number of morpholine rings is 1. The molecule has 1 fully saturated rings. The van der Waals surface area contributed by atoms with Gasteiger partial charge in [-0.1, -0.05) is 23.9 Å². The number of ether oxygens (including phenoxy) is 1. The largest absolute Gasteiger partial charge is 0.378 e. The third-order valence-electron chi connectivity index (χ3n) is 3.97. The molecule has 24 heavy (non-hydrogen) atoms. The van der Waals surface area contributed by atoms with Gasteiger partial charge in [0.05, 0.1) is 29.2 Å². The van der Waals surface area contributed by atoms with E-state index in [9.17, 15) is 0 Å². The quantitative estimate of drug-likeness (QED) is 0.651. The van der Waals surface area contributed by atoms with Crippen molar-refractivity contribution in [3.8, 4) is 0 Å². The van der Waals surface area contributed by atoms with E-state index in [2.05, 4.69) is 44.8 Å². The van der Waals surface area contributed by atoms with Gasteiger partial charge in [-0.25, -0.2) is 4.98 Å². The van der Waals surface area contributed by atoms with Crippen LogP contribution in [0.3, 0.4) is 0 Å². The summed E-state index contributed by atoms with van der Waals surface area (Å²) in [6, 6.07) is 8.26. The van der Waals surface area contributed by atoms with Crippen LogP contribution < -0.4 is 4.90 Å². The highest BCUT2D eigenvalue weighted by molar-refractivity contribution is 7.98. The lowest BCUT2D eigenvalue weighted by Gasteiger charge is -2.27. The average Bonchev–Trinajstić information content (AvgIpc) is 3.23. The van der Waals surface area contributed by atoms with Gasteiger partial charge in [-0.2, -0.15) is 0 Å². The van der Waals surface area contributed by atoms with Gasteiger partial charge in [0, 0.05) is 19.6 Å². The molecule has 0 saturated carbocycles. The molecule has 1 saturated heterocycles. The Morgan fingerprint density at radius 2 is 2.04 bits per heavy atom. The zero-order valence-electron chi connectivity index (χ0n) is 13.5. The first-order valence-electron chi connectivity index (χ1n) is 8.08. The average molecular weight is 361 g/mol. The van der Waals surface area contributed by atoms with E-state index in [0.717, 1.165) is 60.2 Å². The molecule has 4 rings (SSSR count). The molecular formula is C16H19N5OS2. The molecule has 0 amide bonds. The van der Waals surface area contributed by atoms with Gasteiger partial charge in [-0.05, 0) is 19.1 Å². The van der Waals surface area contributed by atoms with Crippen LogP contribution in [-0.2, 0) is 17.0 Å². The minimum atomic E-state index is 0.755. The second-order valence-electron chi connectivity index (χ2n) is 5.49. The Morgan fingerprint density at radius 3 is 2.83 bits per heavy atom. The van der Waals surface area contributed by atoms with Crippen molar-refractivity contribution in [2.45, 2.75) is 24.4 Å². The number of anilines is 1. The minimum absolute atomic E-state index is 0.755. The second-order valence-corrected chi connectivity index (χ2v) is 7.55. The summed E-state index contributed by atoms with van der Waals surface area (Å²) in [6.07, 6.45) is 0. The molecule has 0 radical (unpaired) electrons. The van der Waals surface area contributed by atoms with E-state index in [1.807, 2.05) is 6.07 Å². The van der Waals surface area contributed by atoms with Gasteiger partial charge in [0.1, 0.15) is 5.01 Å². The first kappa shape index (κ1) is 15.9. The van der Waals surface area contributed by atoms with Gasteiger partial charge in [-0.15, -0.1) is 21.5 Å². The number of nitrogens with zero attached hydrogens (tertiary/aromatic N) is 5. The lowest BCUT2D eigenvalue weighted by Crippen LogP contribution is -2.38. The first-order valence-corrected chi connectivity index (χ1v) is 9.88. The van der Waals surface area contributed by atoms with Crippen LogP contribution in [0.1, 0.15) is 11.9 Å². The summed E-state index contributed by atoms with van der Waals surface area (Å²) in [5.41, 5.74) is 1.07. The second kappa shape index (κ2) is 7.08. The molecule has 126 valence electrons. The van der Waals surface area contributed by atoms with Crippen LogP contribution in [0.4, 0.5) is 5.95 Å². The molecule has 2 aromatic heterocycles. The van der Waals surface area contributed by atoms with Crippen LogP contribution in [0, 0.1) is 0 Å². The number of thiazole rings is 1. The highest BCUT2D eigenvalue weighted by Gasteiger charge is 2.20. The summed E-state index contributed by atoms with van der Waals surface area (Å²) >= 11 is 3.45. The number of para-hydroxylation sites is 1. The van der Waals surface area contributed by atoms with Crippen molar-refractivity contribution in [2.75, 3.05) is 31.2 Å². The summed E-state index contributed by atoms with van der Waals surface area (Å²) in [6.45, 7) is 6.26. The van der Waals surface area contributed by atoms with Gasteiger partial charge in [0.2, 0.25) is 5.95 Å². The number of aromatic nitrogens is 4. The fourth-order valence-corrected chi connectivity index (χ4v) is 4.73. The molecule has 6 nitrogen and oxygen atoms in total. The van der Waals surface area contributed by atoms with Crippen molar-refractivity contribution < 1.29 is 4.74 Å². The molecule has 1 aliphatic rings. The fourth-order valence-electron chi connectivity index (χ4n) is 2.77. The molecular weight excluding hydrogens is 342 g/mol. The van der Waals surface area contributed by atoms with Gasteiger partial charge >= 0.3 is 0 Å². The number of fused-ring (bicyclic) bond motifs is 1. The standard InChI is InChI=1S/C16H19N5OS2/c1-2-21-15(20-7-9-22-10-8-20)18-19-16(21)23-11-14-17-12-5-3-4-6-13(12)24-14/h3-6H,2,7-11H2,1H3. The zero-order valence-corrected chi connectivity index (χ0v) is 15.1. The number of hydrogen-bond donors (Lipinski definition) is 0. The van der Waals surface area contributed by atoms with E-state index in [1.165, 1.54) is 4.70 Å². The maximum atomic E-state index is 5.42. The molecule has 3 aromatic rings. The third-order valence-corrected chi connectivity index (χ3v) is 6.17. The number of hydrogen-bond acceptors (Lipinski definition) is 7. The number of thioether (sulfide) groups is 1. The van der Waals surface area contributed by atoms with Crippen LogP contribution in [0.2, 0.25) is 0 Å². The zero-order chi connectivity index (χ0) is 16.4. The van der Waals surface area contributed by atoms with E-state index in [4.69, 9.17) is 9.72 Å². The molecule has 1 aliphatic heterocycles. The Bertz CT molecular complexity index is 792. The first-order chi connectivity index (χ1) is 11.8. The van der Waals surface area contributed by atoms with E-state index in [1.54, 1.807) is 23.1 Å². The summed E-state index contributed by atoms with van der Waals surface area (Å²) < 4.78 is 8.84. The van der Waals surface area contributed by atoms with E-state index in [0.29, 0.717) is 0 Å². The monoisotopic (exact) mass is 361 g/mol. The van der Waals surface area contributed by atoms with Gasteiger partial charge in [0.25, 0.3) is 0 Å². The Labute approximate surface area is 148 Å². The normalized spacial score (nSPS) is 15.3. The lowest BCUT2D eigenvalue weighted by molar-refractivity contribution is 0.121. The Kier molecular flexibility index (Phi) is 4.68. The molecule has 0 atom stereocenters. The number of benzene rings is 1. The predicted octanol–water partition coefficient (Wildman–Crippen LogP) is 3.04. The molecule has 3 heterocycles. The molecule has 1 aromatic carbocycles. The van der Waals surface area contributed by atoms with Gasteiger partial charge in [0.15, 0.2) is 5.16 Å². The van der Waals surface area contributed by atoms with E-state index in [-0.39, 0.29) is 0 Å². The van der Waals surface area contributed by atoms with Gasteiger partial charge in [-0.3, -0.25) is 4.57 Å². The van der Waals surface area contributed by atoms with Crippen molar-refractivity contribution >= 4 is 39.3 Å². The summed E-state index contributed by atoms with van der Waals surface area (Å²) in [5, 5.41) is 10.9. The molecule has 8 heteroatoms.